The topological polar surface area (TPSA) is 42.7 Å². The number of rotatable bonds is 3. The molecule has 1 aromatic heterocycles. The van der Waals surface area contributed by atoms with Crippen LogP contribution in [-0.2, 0) is 16.0 Å². The molecule has 0 bridgehead atoms. The molecule has 1 saturated heterocycles. The number of ether oxygens (including phenoxy) is 1. The van der Waals surface area contributed by atoms with Crippen LogP contribution in [0.1, 0.15) is 5.56 Å². The van der Waals surface area contributed by atoms with Crippen LogP contribution in [0, 0.1) is 0 Å². The largest absolute Gasteiger partial charge is 0.472 e. The number of hydrogen-bond acceptors (Lipinski definition) is 3. The summed E-state index contributed by atoms with van der Waals surface area (Å²) in [5, 5.41) is 0. The molecule has 1 fully saturated rings. The molecule has 0 spiro atoms. The monoisotopic (exact) mass is 227 g/mol. The average Bonchev–Trinajstić information content (AvgIpc) is 2.82. The van der Waals surface area contributed by atoms with Crippen molar-refractivity contribution >= 4 is 5.91 Å². The van der Waals surface area contributed by atoms with Crippen molar-refractivity contribution in [3.05, 3.63) is 24.2 Å². The molecule has 0 aliphatic carbocycles. The van der Waals surface area contributed by atoms with Gasteiger partial charge in [-0.15, -0.1) is 0 Å². The normalized spacial score (nSPS) is 21.1. The van der Waals surface area contributed by atoms with Crippen LogP contribution in [0.2, 0.25) is 0 Å². The van der Waals surface area contributed by atoms with E-state index < -0.39 is 12.8 Å². The first-order valence-corrected chi connectivity index (χ1v) is 5.26. The summed E-state index contributed by atoms with van der Waals surface area (Å²) >= 11 is 0. The predicted molar refractivity (Wildman–Crippen MR) is 54.7 cm³/mol. The second kappa shape index (κ2) is 5.12. The van der Waals surface area contributed by atoms with Crippen molar-refractivity contribution < 1.29 is 18.3 Å². The lowest BCUT2D eigenvalue weighted by Gasteiger charge is -2.31. The third-order valence-electron chi connectivity index (χ3n) is 2.60. The summed E-state index contributed by atoms with van der Waals surface area (Å²) in [4.78, 5) is 13.5. The van der Waals surface area contributed by atoms with Crippen LogP contribution < -0.4 is 0 Å². The lowest BCUT2D eigenvalue weighted by Crippen LogP contribution is -2.46. The first-order valence-electron chi connectivity index (χ1n) is 5.26. The minimum Gasteiger partial charge on any atom is -0.472 e. The Kier molecular flexibility index (Phi) is 3.56. The smallest absolute Gasteiger partial charge is 0.227 e. The Morgan fingerprint density at radius 2 is 2.50 bits per heavy atom. The number of carbonyl (C=O) groups excluding carboxylic acids is 1. The fourth-order valence-electron chi connectivity index (χ4n) is 1.72. The average molecular weight is 227 g/mol. The van der Waals surface area contributed by atoms with Crippen LogP contribution in [-0.4, -0.2) is 43.3 Å². The summed E-state index contributed by atoms with van der Waals surface area (Å²) in [6, 6.07) is 1.75. The Balaban J connectivity index is 1.89. The van der Waals surface area contributed by atoms with E-state index in [2.05, 4.69) is 0 Å². The van der Waals surface area contributed by atoms with Crippen molar-refractivity contribution in [2.75, 3.05) is 26.4 Å². The van der Waals surface area contributed by atoms with E-state index in [1.165, 1.54) is 6.26 Å². The maximum Gasteiger partial charge on any atom is 0.227 e. The summed E-state index contributed by atoms with van der Waals surface area (Å²) in [6.45, 7) is 0.738. The zero-order chi connectivity index (χ0) is 11.4. The quantitative estimate of drug-likeness (QED) is 0.774. The number of morpholine rings is 1. The van der Waals surface area contributed by atoms with Crippen molar-refractivity contribution in [2.45, 2.75) is 12.5 Å². The van der Waals surface area contributed by atoms with E-state index in [0.717, 1.165) is 5.56 Å². The third-order valence-corrected chi connectivity index (χ3v) is 2.60. The number of amides is 1. The SMILES string of the molecule is O=C(Cc1ccoc1)N1CCO[C@@H](CF)C1. The van der Waals surface area contributed by atoms with Gasteiger partial charge < -0.3 is 14.1 Å². The van der Waals surface area contributed by atoms with Crippen LogP contribution in [0.3, 0.4) is 0 Å². The molecule has 2 rings (SSSR count). The van der Waals surface area contributed by atoms with Crippen molar-refractivity contribution in [1.82, 2.24) is 4.90 Å². The Morgan fingerprint density at radius 1 is 1.62 bits per heavy atom. The second-order valence-corrected chi connectivity index (χ2v) is 3.80. The maximum atomic E-state index is 12.4. The van der Waals surface area contributed by atoms with Crippen LogP contribution >= 0.6 is 0 Å². The summed E-state index contributed by atoms with van der Waals surface area (Å²) in [6.07, 6.45) is 2.91. The van der Waals surface area contributed by atoms with Gasteiger partial charge in [-0.3, -0.25) is 4.79 Å². The molecule has 1 aromatic rings. The van der Waals surface area contributed by atoms with E-state index in [-0.39, 0.29) is 5.91 Å². The molecule has 0 unspecified atom stereocenters. The second-order valence-electron chi connectivity index (χ2n) is 3.80. The van der Waals surface area contributed by atoms with Gasteiger partial charge in [0.1, 0.15) is 12.8 Å². The van der Waals surface area contributed by atoms with Gasteiger partial charge >= 0.3 is 0 Å². The fourth-order valence-corrected chi connectivity index (χ4v) is 1.72. The number of alkyl halides is 1. The molecule has 1 aliphatic rings. The van der Waals surface area contributed by atoms with Crippen molar-refractivity contribution in [3.63, 3.8) is 0 Å². The Hall–Kier alpha value is -1.36. The molecule has 0 radical (unpaired) electrons. The Labute approximate surface area is 93.0 Å². The zero-order valence-corrected chi connectivity index (χ0v) is 8.89. The number of carbonyl (C=O) groups is 1. The highest BCUT2D eigenvalue weighted by atomic mass is 19.1. The molecule has 1 atom stereocenters. The molecule has 0 N–H and O–H groups in total. The summed E-state index contributed by atoms with van der Waals surface area (Å²) in [5.74, 6) is -0.0110. The standard InChI is InChI=1S/C11H14FNO3/c12-6-10-7-13(2-4-16-10)11(14)5-9-1-3-15-8-9/h1,3,8,10H,2,4-7H2/t10-/m0/s1. The highest BCUT2D eigenvalue weighted by molar-refractivity contribution is 5.78. The van der Waals surface area contributed by atoms with Gasteiger partial charge in [-0.25, -0.2) is 4.39 Å². The van der Waals surface area contributed by atoms with Crippen LogP contribution in [0.5, 0.6) is 0 Å². The summed E-state index contributed by atoms with van der Waals surface area (Å²) in [7, 11) is 0. The minimum absolute atomic E-state index is 0.0110. The molecular weight excluding hydrogens is 213 g/mol. The molecule has 16 heavy (non-hydrogen) atoms. The number of halogens is 1. The van der Waals surface area contributed by atoms with Crippen LogP contribution in [0.25, 0.3) is 0 Å². The van der Waals surface area contributed by atoms with Crippen molar-refractivity contribution in [1.29, 1.82) is 0 Å². The van der Waals surface area contributed by atoms with E-state index in [1.54, 1.807) is 17.2 Å². The number of furan rings is 1. The van der Waals surface area contributed by atoms with Gasteiger partial charge in [-0.05, 0) is 11.6 Å². The first-order chi connectivity index (χ1) is 7.79. The highest BCUT2D eigenvalue weighted by Gasteiger charge is 2.24. The van der Waals surface area contributed by atoms with Gasteiger partial charge in [-0.1, -0.05) is 0 Å². The molecule has 4 nitrogen and oxygen atoms in total. The fraction of sp³-hybridized carbons (Fsp3) is 0.545. The number of nitrogens with zero attached hydrogens (tertiary/aromatic N) is 1. The lowest BCUT2D eigenvalue weighted by molar-refractivity contribution is -0.138. The van der Waals surface area contributed by atoms with Gasteiger partial charge in [0.05, 0.1) is 25.6 Å². The van der Waals surface area contributed by atoms with Crippen molar-refractivity contribution in [3.8, 4) is 0 Å². The molecule has 88 valence electrons. The molecule has 0 aromatic carbocycles. The number of hydrogen-bond donors (Lipinski definition) is 0. The van der Waals surface area contributed by atoms with Crippen LogP contribution in [0.4, 0.5) is 4.39 Å². The Bertz CT molecular complexity index is 339. The van der Waals surface area contributed by atoms with E-state index in [4.69, 9.17) is 9.15 Å². The van der Waals surface area contributed by atoms with Gasteiger partial charge in [0.15, 0.2) is 0 Å². The highest BCUT2D eigenvalue weighted by Crippen LogP contribution is 2.09. The molecule has 5 heteroatoms. The van der Waals surface area contributed by atoms with Gasteiger partial charge in [0.25, 0.3) is 0 Å². The van der Waals surface area contributed by atoms with E-state index >= 15 is 0 Å². The van der Waals surface area contributed by atoms with Gasteiger partial charge in [-0.2, -0.15) is 0 Å². The van der Waals surface area contributed by atoms with Gasteiger partial charge in [0.2, 0.25) is 5.91 Å². The minimum atomic E-state index is -0.546. The molecule has 2 heterocycles. The summed E-state index contributed by atoms with van der Waals surface area (Å²) < 4.78 is 22.5. The van der Waals surface area contributed by atoms with Crippen LogP contribution in [0.15, 0.2) is 23.0 Å². The predicted octanol–water partition coefficient (Wildman–Crippen LogP) is 1.02. The van der Waals surface area contributed by atoms with E-state index in [0.29, 0.717) is 26.1 Å². The first kappa shape index (κ1) is 11.1. The Morgan fingerprint density at radius 3 is 3.19 bits per heavy atom. The maximum absolute atomic E-state index is 12.4. The van der Waals surface area contributed by atoms with Crippen molar-refractivity contribution in [2.24, 2.45) is 0 Å². The summed E-state index contributed by atoms with van der Waals surface area (Å²) in [5.41, 5.74) is 0.841. The third kappa shape index (κ3) is 2.61. The molecular formula is C11H14FNO3. The van der Waals surface area contributed by atoms with E-state index in [1.807, 2.05) is 0 Å². The zero-order valence-electron chi connectivity index (χ0n) is 8.89. The van der Waals surface area contributed by atoms with E-state index in [9.17, 15) is 9.18 Å². The molecule has 1 aliphatic heterocycles. The molecule has 1 amide bonds. The molecule has 0 saturated carbocycles. The van der Waals surface area contributed by atoms with Gasteiger partial charge in [0, 0.05) is 13.1 Å². The lowest BCUT2D eigenvalue weighted by atomic mass is 10.2.